The topological polar surface area (TPSA) is 84.0 Å². The molecule has 7 nitrogen and oxygen atoms in total. The molecule has 0 radical (unpaired) electrons. The lowest BCUT2D eigenvalue weighted by atomic mass is 10.1. The summed E-state index contributed by atoms with van der Waals surface area (Å²) in [5.41, 5.74) is 0.851. The highest BCUT2D eigenvalue weighted by Gasteiger charge is 2.30. The van der Waals surface area contributed by atoms with E-state index in [0.717, 1.165) is 12.8 Å². The van der Waals surface area contributed by atoms with Crippen LogP contribution in [-0.2, 0) is 19.6 Å². The number of sulfonamides is 1. The van der Waals surface area contributed by atoms with Crippen molar-refractivity contribution in [3.63, 3.8) is 0 Å². The van der Waals surface area contributed by atoms with E-state index in [2.05, 4.69) is 0 Å². The Labute approximate surface area is 167 Å². The van der Waals surface area contributed by atoms with Gasteiger partial charge in [0.05, 0.1) is 11.5 Å². The quantitative estimate of drug-likeness (QED) is 0.553. The summed E-state index contributed by atoms with van der Waals surface area (Å²) in [7, 11) is -3.69. The molecule has 0 N–H and O–H groups in total. The number of aryl methyl sites for hydroxylation is 1. The van der Waals surface area contributed by atoms with E-state index in [4.69, 9.17) is 4.74 Å². The maximum atomic E-state index is 13.1. The zero-order chi connectivity index (χ0) is 20.9. The fraction of sp³-hybridized carbons (Fsp3) is 0.600. The molecule has 1 aromatic rings. The predicted molar refractivity (Wildman–Crippen MR) is 107 cm³/mol. The number of hydrogen-bond acceptors (Lipinski definition) is 5. The summed E-state index contributed by atoms with van der Waals surface area (Å²) >= 11 is 0. The molecule has 1 saturated carbocycles. The van der Waals surface area contributed by atoms with Crippen molar-refractivity contribution in [3.05, 3.63) is 29.3 Å². The highest BCUT2D eigenvalue weighted by molar-refractivity contribution is 7.89. The first kappa shape index (κ1) is 22.4. The predicted octanol–water partition coefficient (Wildman–Crippen LogP) is 2.44. The second-order valence-corrected chi connectivity index (χ2v) is 8.91. The Morgan fingerprint density at radius 2 is 1.79 bits per heavy atom. The minimum absolute atomic E-state index is 0.129. The van der Waals surface area contributed by atoms with E-state index in [1.807, 2.05) is 0 Å². The van der Waals surface area contributed by atoms with Crippen molar-refractivity contribution in [1.29, 1.82) is 0 Å². The number of nitrogens with zero attached hydrogens (tertiary/aromatic N) is 2. The number of benzene rings is 1. The fourth-order valence-electron chi connectivity index (χ4n) is 3.09. The van der Waals surface area contributed by atoms with Gasteiger partial charge in [0.15, 0.2) is 0 Å². The zero-order valence-corrected chi connectivity index (χ0v) is 17.9. The highest BCUT2D eigenvalue weighted by atomic mass is 32.2. The van der Waals surface area contributed by atoms with Gasteiger partial charge in [-0.3, -0.25) is 9.59 Å². The summed E-state index contributed by atoms with van der Waals surface area (Å²) in [6, 6.07) is 4.68. The van der Waals surface area contributed by atoms with E-state index < -0.39 is 16.0 Å². The molecule has 0 saturated heterocycles. The maximum absolute atomic E-state index is 13.1. The van der Waals surface area contributed by atoms with E-state index in [1.165, 1.54) is 15.3 Å². The number of esters is 1. The molecule has 1 aromatic carbocycles. The third-order valence-electron chi connectivity index (χ3n) is 4.85. The summed E-state index contributed by atoms with van der Waals surface area (Å²) in [6.45, 7) is 8.30. The lowest BCUT2D eigenvalue weighted by Crippen LogP contribution is -2.38. The van der Waals surface area contributed by atoms with Crippen molar-refractivity contribution < 1.29 is 22.7 Å². The van der Waals surface area contributed by atoms with Gasteiger partial charge in [0.1, 0.15) is 6.54 Å². The second-order valence-electron chi connectivity index (χ2n) is 7.00. The Kier molecular flexibility index (Phi) is 7.60. The summed E-state index contributed by atoms with van der Waals surface area (Å²) in [4.78, 5) is 26.6. The number of amides is 1. The van der Waals surface area contributed by atoms with Crippen LogP contribution < -0.4 is 0 Å². The van der Waals surface area contributed by atoms with E-state index in [-0.39, 0.29) is 29.5 Å². The number of hydrogen-bond donors (Lipinski definition) is 0. The zero-order valence-electron chi connectivity index (χ0n) is 17.1. The SMILES string of the molecule is CCOC(=O)CN(CC1CC1)C(=O)c1ccc(C)c(S(=O)(=O)N(CC)CC)c1. The highest BCUT2D eigenvalue weighted by Crippen LogP contribution is 2.30. The molecule has 28 heavy (non-hydrogen) atoms. The number of ether oxygens (including phenoxy) is 1. The van der Waals surface area contributed by atoms with Gasteiger partial charge < -0.3 is 9.64 Å². The molecule has 156 valence electrons. The van der Waals surface area contributed by atoms with Crippen LogP contribution in [0.5, 0.6) is 0 Å². The van der Waals surface area contributed by atoms with Gasteiger partial charge in [-0.05, 0) is 50.3 Å². The van der Waals surface area contributed by atoms with Gasteiger partial charge in [0.2, 0.25) is 10.0 Å². The first-order valence-electron chi connectivity index (χ1n) is 9.80. The molecule has 1 fully saturated rings. The number of carbonyl (C=O) groups excluding carboxylic acids is 2. The summed E-state index contributed by atoms with van der Waals surface area (Å²) < 4.78 is 32.2. The van der Waals surface area contributed by atoms with Crippen LogP contribution in [0, 0.1) is 12.8 Å². The van der Waals surface area contributed by atoms with Crippen LogP contribution in [0.2, 0.25) is 0 Å². The second kappa shape index (κ2) is 9.52. The van der Waals surface area contributed by atoms with E-state index in [1.54, 1.807) is 39.8 Å². The van der Waals surface area contributed by atoms with Crippen molar-refractivity contribution in [2.45, 2.75) is 45.4 Å². The van der Waals surface area contributed by atoms with Crippen LogP contribution in [0.15, 0.2) is 23.1 Å². The lowest BCUT2D eigenvalue weighted by Gasteiger charge is -2.23. The van der Waals surface area contributed by atoms with Crippen LogP contribution in [0.25, 0.3) is 0 Å². The molecule has 0 bridgehead atoms. The van der Waals surface area contributed by atoms with Crippen LogP contribution in [0.3, 0.4) is 0 Å². The van der Waals surface area contributed by atoms with E-state index >= 15 is 0 Å². The number of carbonyl (C=O) groups is 2. The Balaban J connectivity index is 2.34. The molecule has 0 aromatic heterocycles. The van der Waals surface area contributed by atoms with Crippen LogP contribution in [0.4, 0.5) is 0 Å². The maximum Gasteiger partial charge on any atom is 0.325 e. The van der Waals surface area contributed by atoms with Gasteiger partial charge in [0, 0.05) is 25.2 Å². The van der Waals surface area contributed by atoms with Crippen molar-refractivity contribution in [1.82, 2.24) is 9.21 Å². The first-order valence-corrected chi connectivity index (χ1v) is 11.2. The smallest absolute Gasteiger partial charge is 0.325 e. The monoisotopic (exact) mass is 410 g/mol. The minimum Gasteiger partial charge on any atom is -0.465 e. The van der Waals surface area contributed by atoms with E-state index in [0.29, 0.717) is 31.1 Å². The molecular formula is C20H30N2O5S. The molecule has 1 aliphatic rings. The first-order chi connectivity index (χ1) is 13.2. The summed E-state index contributed by atoms with van der Waals surface area (Å²) in [6.07, 6.45) is 2.06. The number of rotatable bonds is 10. The van der Waals surface area contributed by atoms with Gasteiger partial charge in [-0.25, -0.2) is 8.42 Å². The van der Waals surface area contributed by atoms with Gasteiger partial charge in [-0.15, -0.1) is 0 Å². The standard InChI is InChI=1S/C20H30N2O5S/c1-5-22(6-2)28(25,26)18-12-17(11-8-15(18)4)20(24)21(13-16-9-10-16)14-19(23)27-7-3/h8,11-12,16H,5-7,9-10,13-14H2,1-4H3. The molecule has 2 rings (SSSR count). The minimum atomic E-state index is -3.69. The van der Waals surface area contributed by atoms with Crippen molar-refractivity contribution >= 4 is 21.9 Å². The molecular weight excluding hydrogens is 380 g/mol. The Morgan fingerprint density at radius 1 is 1.14 bits per heavy atom. The average molecular weight is 411 g/mol. The lowest BCUT2D eigenvalue weighted by molar-refractivity contribution is -0.143. The largest absolute Gasteiger partial charge is 0.465 e. The Morgan fingerprint density at radius 3 is 2.32 bits per heavy atom. The normalized spacial score (nSPS) is 14.2. The fourth-order valence-corrected chi connectivity index (χ4v) is 4.80. The third kappa shape index (κ3) is 5.32. The summed E-state index contributed by atoms with van der Waals surface area (Å²) in [5.74, 6) is -0.418. The van der Waals surface area contributed by atoms with Gasteiger partial charge in [-0.2, -0.15) is 4.31 Å². The average Bonchev–Trinajstić information content (AvgIpc) is 3.46. The van der Waals surface area contributed by atoms with Crippen LogP contribution in [0.1, 0.15) is 49.5 Å². The third-order valence-corrected chi connectivity index (χ3v) is 7.04. The van der Waals surface area contributed by atoms with Gasteiger partial charge in [-0.1, -0.05) is 19.9 Å². The van der Waals surface area contributed by atoms with Gasteiger partial charge >= 0.3 is 5.97 Å². The van der Waals surface area contributed by atoms with Crippen molar-refractivity contribution in [2.75, 3.05) is 32.8 Å². The van der Waals surface area contributed by atoms with Crippen molar-refractivity contribution in [2.24, 2.45) is 5.92 Å². The van der Waals surface area contributed by atoms with Crippen LogP contribution in [-0.4, -0.2) is 62.3 Å². The van der Waals surface area contributed by atoms with E-state index in [9.17, 15) is 18.0 Å². The molecule has 1 amide bonds. The molecule has 0 unspecified atom stereocenters. The molecule has 8 heteroatoms. The molecule has 0 spiro atoms. The van der Waals surface area contributed by atoms with Crippen LogP contribution >= 0.6 is 0 Å². The Bertz CT molecular complexity index is 814. The molecule has 0 atom stereocenters. The molecule has 0 aliphatic heterocycles. The molecule has 0 heterocycles. The van der Waals surface area contributed by atoms with Gasteiger partial charge in [0.25, 0.3) is 5.91 Å². The van der Waals surface area contributed by atoms with Crippen molar-refractivity contribution in [3.8, 4) is 0 Å². The molecule has 1 aliphatic carbocycles. The Hall–Kier alpha value is -1.93. The summed E-state index contributed by atoms with van der Waals surface area (Å²) in [5, 5.41) is 0.